The summed E-state index contributed by atoms with van der Waals surface area (Å²) < 4.78 is 1.71. The van der Waals surface area contributed by atoms with Gasteiger partial charge < -0.3 is 15.3 Å². The van der Waals surface area contributed by atoms with Crippen LogP contribution in [0.25, 0.3) is 0 Å². The largest absolute Gasteiger partial charge is 0.480 e. The summed E-state index contributed by atoms with van der Waals surface area (Å²) in [6.45, 7) is 0.963. The molecular formula is C12H18N4O3. The van der Waals surface area contributed by atoms with Gasteiger partial charge in [-0.1, -0.05) is 0 Å². The molecule has 19 heavy (non-hydrogen) atoms. The molecule has 1 aromatic rings. The number of likely N-dealkylation sites (tertiary alicyclic amines) is 1. The van der Waals surface area contributed by atoms with E-state index in [0.29, 0.717) is 25.9 Å². The summed E-state index contributed by atoms with van der Waals surface area (Å²) in [5.74, 6) is -0.933. The number of hydrogen-bond donors (Lipinski definition) is 2. The second-order valence-electron chi connectivity index (χ2n) is 4.65. The van der Waals surface area contributed by atoms with Crippen molar-refractivity contribution in [3.63, 3.8) is 0 Å². The van der Waals surface area contributed by atoms with Gasteiger partial charge in [0.05, 0.1) is 5.69 Å². The zero-order valence-electron chi connectivity index (χ0n) is 10.9. The highest BCUT2D eigenvalue weighted by Crippen LogP contribution is 2.17. The minimum atomic E-state index is -0.933. The van der Waals surface area contributed by atoms with Gasteiger partial charge in [-0.2, -0.15) is 5.10 Å². The number of carboxylic acid groups (broad SMARTS) is 1. The third-order valence-corrected chi connectivity index (χ3v) is 3.22. The quantitative estimate of drug-likeness (QED) is 0.816. The van der Waals surface area contributed by atoms with Crippen LogP contribution in [0.4, 0.5) is 4.79 Å². The maximum Gasteiger partial charge on any atom is 0.326 e. The minimum absolute atomic E-state index is 0.305. The van der Waals surface area contributed by atoms with Crippen molar-refractivity contribution in [3.8, 4) is 0 Å². The van der Waals surface area contributed by atoms with Crippen molar-refractivity contribution in [1.29, 1.82) is 0 Å². The summed E-state index contributed by atoms with van der Waals surface area (Å²) in [6, 6.07) is 0.901. The molecule has 2 heterocycles. The van der Waals surface area contributed by atoms with Gasteiger partial charge in [-0.25, -0.2) is 9.59 Å². The molecule has 7 heteroatoms. The lowest BCUT2D eigenvalue weighted by atomic mass is 10.2. The Hall–Kier alpha value is -2.05. The van der Waals surface area contributed by atoms with Gasteiger partial charge in [0, 0.05) is 32.8 Å². The van der Waals surface area contributed by atoms with Crippen molar-refractivity contribution < 1.29 is 14.7 Å². The average Bonchev–Trinajstić information content (AvgIpc) is 2.97. The predicted molar refractivity (Wildman–Crippen MR) is 67.7 cm³/mol. The Morgan fingerprint density at radius 1 is 1.58 bits per heavy atom. The van der Waals surface area contributed by atoms with Crippen molar-refractivity contribution in [3.05, 3.63) is 18.0 Å². The SMILES string of the molecule is Cn1ccc(CCNC(=O)N2CCCC2C(=O)O)n1. The highest BCUT2D eigenvalue weighted by atomic mass is 16.4. The van der Waals surface area contributed by atoms with Crippen LogP contribution in [0.3, 0.4) is 0 Å². The molecule has 1 unspecified atom stereocenters. The Kier molecular flexibility index (Phi) is 4.03. The van der Waals surface area contributed by atoms with Crippen molar-refractivity contribution in [2.75, 3.05) is 13.1 Å². The molecule has 0 aliphatic carbocycles. The first-order chi connectivity index (χ1) is 9.08. The van der Waals surface area contributed by atoms with E-state index in [2.05, 4.69) is 10.4 Å². The van der Waals surface area contributed by atoms with Gasteiger partial charge in [-0.05, 0) is 18.9 Å². The second kappa shape index (κ2) is 5.73. The van der Waals surface area contributed by atoms with Crippen LogP contribution in [0.15, 0.2) is 12.3 Å². The van der Waals surface area contributed by atoms with Gasteiger partial charge in [-0.15, -0.1) is 0 Å². The molecular weight excluding hydrogens is 248 g/mol. The van der Waals surface area contributed by atoms with E-state index >= 15 is 0 Å². The normalized spacial score (nSPS) is 18.6. The lowest BCUT2D eigenvalue weighted by Crippen LogP contribution is -2.46. The standard InChI is InChI=1S/C12H18N4O3/c1-15-8-5-9(14-15)4-6-13-12(19)16-7-2-3-10(16)11(17)18/h5,8,10H,2-4,6-7H2,1H3,(H,13,19)(H,17,18). The predicted octanol–water partition coefficient (Wildman–Crippen LogP) is 0.221. The van der Waals surface area contributed by atoms with Crippen molar-refractivity contribution >= 4 is 12.0 Å². The van der Waals surface area contributed by atoms with Crippen LogP contribution in [-0.2, 0) is 18.3 Å². The Bertz CT molecular complexity index is 471. The maximum atomic E-state index is 11.9. The summed E-state index contributed by atoms with van der Waals surface area (Å²) in [5.41, 5.74) is 0.902. The fourth-order valence-electron chi connectivity index (χ4n) is 2.26. The van der Waals surface area contributed by atoms with Crippen LogP contribution >= 0.6 is 0 Å². The average molecular weight is 266 g/mol. The fourth-order valence-corrected chi connectivity index (χ4v) is 2.26. The van der Waals surface area contributed by atoms with Crippen molar-refractivity contribution in [2.45, 2.75) is 25.3 Å². The number of aromatic nitrogens is 2. The fraction of sp³-hybridized carbons (Fsp3) is 0.583. The number of carboxylic acids is 1. The van der Waals surface area contributed by atoms with E-state index < -0.39 is 12.0 Å². The topological polar surface area (TPSA) is 87.5 Å². The van der Waals surface area contributed by atoms with Crippen LogP contribution in [0.2, 0.25) is 0 Å². The zero-order chi connectivity index (χ0) is 13.8. The van der Waals surface area contributed by atoms with Crippen LogP contribution in [0, 0.1) is 0 Å². The van der Waals surface area contributed by atoms with Crippen LogP contribution in [0.1, 0.15) is 18.5 Å². The number of amides is 2. The number of carbonyl (C=O) groups is 2. The second-order valence-corrected chi connectivity index (χ2v) is 4.65. The van der Waals surface area contributed by atoms with E-state index in [-0.39, 0.29) is 6.03 Å². The van der Waals surface area contributed by atoms with Gasteiger partial charge in [-0.3, -0.25) is 4.68 Å². The third kappa shape index (κ3) is 3.24. The number of hydrogen-bond acceptors (Lipinski definition) is 3. The summed E-state index contributed by atoms with van der Waals surface area (Å²) in [7, 11) is 1.84. The van der Waals surface area contributed by atoms with E-state index in [1.165, 1.54) is 4.90 Å². The Balaban J connectivity index is 1.79. The third-order valence-electron chi connectivity index (χ3n) is 3.22. The van der Waals surface area contributed by atoms with E-state index in [1.54, 1.807) is 4.68 Å². The number of rotatable bonds is 4. The summed E-state index contributed by atoms with van der Waals surface area (Å²) in [4.78, 5) is 24.3. The van der Waals surface area contributed by atoms with Gasteiger partial charge in [0.2, 0.25) is 0 Å². The molecule has 0 saturated carbocycles. The highest BCUT2D eigenvalue weighted by molar-refractivity contribution is 5.83. The number of aryl methyl sites for hydroxylation is 1. The zero-order valence-corrected chi connectivity index (χ0v) is 10.9. The van der Waals surface area contributed by atoms with Crippen LogP contribution in [-0.4, -0.2) is 50.9 Å². The van der Waals surface area contributed by atoms with Crippen molar-refractivity contribution in [2.24, 2.45) is 7.05 Å². The van der Waals surface area contributed by atoms with Gasteiger partial charge in [0.1, 0.15) is 6.04 Å². The Morgan fingerprint density at radius 2 is 2.37 bits per heavy atom. The van der Waals surface area contributed by atoms with Crippen molar-refractivity contribution in [1.82, 2.24) is 20.0 Å². The molecule has 0 radical (unpaired) electrons. The molecule has 1 atom stereocenters. The number of urea groups is 1. The summed E-state index contributed by atoms with van der Waals surface area (Å²) in [5, 5.41) is 16.0. The molecule has 1 fully saturated rings. The highest BCUT2D eigenvalue weighted by Gasteiger charge is 2.33. The minimum Gasteiger partial charge on any atom is -0.480 e. The van der Waals surface area contributed by atoms with E-state index in [9.17, 15) is 9.59 Å². The molecule has 104 valence electrons. The van der Waals surface area contributed by atoms with Gasteiger partial charge in [0.15, 0.2) is 0 Å². The first kappa shape index (κ1) is 13.4. The summed E-state index contributed by atoms with van der Waals surface area (Å²) >= 11 is 0. The maximum absolute atomic E-state index is 11.9. The first-order valence-corrected chi connectivity index (χ1v) is 6.33. The molecule has 0 bridgehead atoms. The monoisotopic (exact) mass is 266 g/mol. The Labute approximate surface area is 111 Å². The lowest BCUT2D eigenvalue weighted by Gasteiger charge is -2.21. The smallest absolute Gasteiger partial charge is 0.326 e. The Morgan fingerprint density at radius 3 is 3.00 bits per heavy atom. The molecule has 2 rings (SSSR count). The first-order valence-electron chi connectivity index (χ1n) is 6.33. The molecule has 7 nitrogen and oxygen atoms in total. The number of nitrogens with zero attached hydrogens (tertiary/aromatic N) is 3. The van der Waals surface area contributed by atoms with Crippen LogP contribution < -0.4 is 5.32 Å². The molecule has 1 aliphatic heterocycles. The molecule has 1 aliphatic rings. The van der Waals surface area contributed by atoms with Gasteiger partial charge in [0.25, 0.3) is 0 Å². The summed E-state index contributed by atoms with van der Waals surface area (Å²) in [6.07, 6.45) is 3.75. The number of carbonyl (C=O) groups excluding carboxylic acids is 1. The number of aliphatic carboxylic acids is 1. The molecule has 1 aromatic heterocycles. The molecule has 2 N–H and O–H groups in total. The molecule has 1 saturated heterocycles. The van der Waals surface area contributed by atoms with E-state index in [4.69, 9.17) is 5.11 Å². The van der Waals surface area contributed by atoms with Crippen LogP contribution in [0.5, 0.6) is 0 Å². The van der Waals surface area contributed by atoms with E-state index in [0.717, 1.165) is 12.1 Å². The number of nitrogens with one attached hydrogen (secondary N) is 1. The molecule has 0 spiro atoms. The van der Waals surface area contributed by atoms with Gasteiger partial charge >= 0.3 is 12.0 Å². The molecule has 0 aromatic carbocycles. The molecule has 2 amide bonds. The van der Waals surface area contributed by atoms with E-state index in [1.807, 2.05) is 19.3 Å². The lowest BCUT2D eigenvalue weighted by molar-refractivity contribution is -0.141.